The molecule has 3 aromatic carbocycles. The Kier molecular flexibility index (Phi) is 17.1. The Hall–Kier alpha value is -2.83. The molecule has 0 aliphatic rings. The normalized spacial score (nSPS) is 13.2. The minimum absolute atomic E-state index is 0. The number of amides is 1. The smallest absolute Gasteiger partial charge is 0.237 e. The average Bonchev–Trinajstić information content (AvgIpc) is 2.94. The fraction of sp³-hybridized carbons (Fsp3) is 0.382. The number of nitrogens with one attached hydrogen (secondary N) is 2. The van der Waals surface area contributed by atoms with Crippen LogP contribution in [-0.4, -0.2) is 35.7 Å². The maximum Gasteiger partial charge on any atom is 0.237 e. The van der Waals surface area contributed by atoms with E-state index in [1.807, 2.05) is 18.2 Å². The lowest BCUT2D eigenvalue weighted by atomic mass is 9.98. The van der Waals surface area contributed by atoms with Gasteiger partial charge in [-0.25, -0.2) is 0 Å². The topological polar surface area (TPSA) is 87.4 Å². The van der Waals surface area contributed by atoms with E-state index in [0.717, 1.165) is 36.8 Å². The Morgan fingerprint density at radius 3 is 2.17 bits per heavy atom. The second kappa shape index (κ2) is 19.3. The maximum atomic E-state index is 13.4. The number of nitrogens with two attached hydrogens (primary N) is 1. The molecule has 0 aliphatic heterocycles. The zero-order valence-corrected chi connectivity index (χ0v) is 26.1. The van der Waals surface area contributed by atoms with Crippen molar-refractivity contribution < 1.29 is 9.90 Å². The predicted molar refractivity (Wildman–Crippen MR) is 178 cm³/mol. The molecule has 0 saturated heterocycles. The van der Waals surface area contributed by atoms with E-state index < -0.39 is 6.04 Å². The molecule has 41 heavy (non-hydrogen) atoms. The van der Waals surface area contributed by atoms with Crippen LogP contribution in [0.2, 0.25) is 0 Å². The number of phenolic OH excluding ortho intramolecular Hbond substituents is 1. The van der Waals surface area contributed by atoms with Gasteiger partial charge in [0, 0.05) is 18.6 Å². The highest BCUT2D eigenvalue weighted by molar-refractivity contribution is 5.85. The number of phenols is 1. The SMILES string of the molecule is CCCC[C@H](N)CNC(=O)[C@H](Cc1ccc(O)cc1)N[C@H](/C=C/c1ccc(-c2ccccc2)cc1)CC(C)C.Cl.Cl. The van der Waals surface area contributed by atoms with E-state index in [2.05, 4.69) is 92.1 Å². The fourth-order valence-electron chi connectivity index (χ4n) is 4.63. The van der Waals surface area contributed by atoms with Gasteiger partial charge < -0.3 is 16.2 Å². The van der Waals surface area contributed by atoms with Crippen LogP contribution in [0.1, 0.15) is 57.6 Å². The van der Waals surface area contributed by atoms with E-state index in [4.69, 9.17) is 5.73 Å². The van der Waals surface area contributed by atoms with Crippen molar-refractivity contribution in [3.05, 3.63) is 96.1 Å². The standard InChI is InChI=1S/C34H45N3O2.2ClH/c1-4-5-11-30(35)24-36-34(39)33(23-27-15-20-32(38)21-16-27)37-31(22-25(2)3)19-14-26-12-17-29(18-13-26)28-9-7-6-8-10-28;;/h6-10,12-21,25,30-31,33,37-38H,4-5,11,22-24,35H2,1-3H3,(H,36,39);2*1H/b19-14+;;/t30-,31+,33-;;/m0../s1. The van der Waals surface area contributed by atoms with Gasteiger partial charge in [-0.3, -0.25) is 10.1 Å². The summed E-state index contributed by atoms with van der Waals surface area (Å²) in [6.07, 6.45) is 8.75. The van der Waals surface area contributed by atoms with Crippen LogP contribution in [0.15, 0.2) is 84.9 Å². The van der Waals surface area contributed by atoms with Crippen molar-refractivity contribution >= 4 is 36.8 Å². The lowest BCUT2D eigenvalue weighted by Gasteiger charge is -2.25. The van der Waals surface area contributed by atoms with Crippen LogP contribution in [0.4, 0.5) is 0 Å². The maximum absolute atomic E-state index is 13.4. The summed E-state index contributed by atoms with van der Waals surface area (Å²) in [5, 5.41) is 16.4. The van der Waals surface area contributed by atoms with Crippen LogP contribution >= 0.6 is 24.8 Å². The molecule has 1 amide bonds. The van der Waals surface area contributed by atoms with Crippen LogP contribution in [0, 0.1) is 5.92 Å². The van der Waals surface area contributed by atoms with Gasteiger partial charge >= 0.3 is 0 Å². The van der Waals surface area contributed by atoms with Gasteiger partial charge in [-0.2, -0.15) is 0 Å². The number of unbranched alkanes of at least 4 members (excludes halogenated alkanes) is 1. The molecule has 5 nitrogen and oxygen atoms in total. The second-order valence-electron chi connectivity index (χ2n) is 10.8. The number of hydrogen-bond acceptors (Lipinski definition) is 4. The third kappa shape index (κ3) is 13.1. The molecule has 3 atom stereocenters. The highest BCUT2D eigenvalue weighted by Crippen LogP contribution is 2.20. The molecule has 7 heteroatoms. The first-order chi connectivity index (χ1) is 18.8. The largest absolute Gasteiger partial charge is 0.508 e. The first kappa shape index (κ1) is 36.2. The molecule has 0 spiro atoms. The number of halogens is 2. The molecular formula is C34H47Cl2N3O2. The van der Waals surface area contributed by atoms with Crippen LogP contribution in [0.5, 0.6) is 5.75 Å². The van der Waals surface area contributed by atoms with E-state index in [9.17, 15) is 9.90 Å². The van der Waals surface area contributed by atoms with Crippen molar-refractivity contribution in [1.82, 2.24) is 10.6 Å². The summed E-state index contributed by atoms with van der Waals surface area (Å²) >= 11 is 0. The van der Waals surface area contributed by atoms with E-state index in [0.29, 0.717) is 18.9 Å². The molecule has 0 heterocycles. The number of rotatable bonds is 15. The lowest BCUT2D eigenvalue weighted by Crippen LogP contribution is -2.51. The number of carbonyl (C=O) groups is 1. The molecule has 5 N–H and O–H groups in total. The van der Waals surface area contributed by atoms with Gasteiger partial charge in [0.05, 0.1) is 6.04 Å². The van der Waals surface area contributed by atoms with Gasteiger partial charge in [-0.15, -0.1) is 24.8 Å². The summed E-state index contributed by atoms with van der Waals surface area (Å²) < 4.78 is 0. The Bertz CT molecular complexity index is 1150. The van der Waals surface area contributed by atoms with Crippen molar-refractivity contribution in [3.8, 4) is 16.9 Å². The summed E-state index contributed by atoms with van der Waals surface area (Å²) in [6, 6.07) is 25.5. The fourth-order valence-corrected chi connectivity index (χ4v) is 4.63. The predicted octanol–water partition coefficient (Wildman–Crippen LogP) is 7.17. The minimum Gasteiger partial charge on any atom is -0.508 e. The third-order valence-electron chi connectivity index (χ3n) is 6.84. The van der Waals surface area contributed by atoms with Crippen LogP contribution < -0.4 is 16.4 Å². The molecular weight excluding hydrogens is 553 g/mol. The zero-order valence-electron chi connectivity index (χ0n) is 24.5. The monoisotopic (exact) mass is 599 g/mol. The van der Waals surface area contributed by atoms with Gasteiger partial charge in [-0.05, 0) is 59.6 Å². The van der Waals surface area contributed by atoms with Crippen LogP contribution in [0.25, 0.3) is 17.2 Å². The lowest BCUT2D eigenvalue weighted by molar-refractivity contribution is -0.123. The van der Waals surface area contributed by atoms with Crippen molar-refractivity contribution in [2.24, 2.45) is 11.7 Å². The summed E-state index contributed by atoms with van der Waals surface area (Å²) in [5.41, 5.74) is 10.7. The van der Waals surface area contributed by atoms with Gasteiger partial charge in [0.25, 0.3) is 0 Å². The second-order valence-corrected chi connectivity index (χ2v) is 10.8. The molecule has 0 fully saturated rings. The molecule has 0 bridgehead atoms. The first-order valence-electron chi connectivity index (χ1n) is 14.2. The van der Waals surface area contributed by atoms with Crippen molar-refractivity contribution in [2.75, 3.05) is 6.54 Å². The summed E-state index contributed by atoms with van der Waals surface area (Å²) in [6.45, 7) is 6.99. The molecule has 3 aromatic rings. The molecule has 0 saturated carbocycles. The highest BCUT2D eigenvalue weighted by Gasteiger charge is 2.22. The Morgan fingerprint density at radius 1 is 0.927 bits per heavy atom. The number of benzene rings is 3. The van der Waals surface area contributed by atoms with E-state index >= 15 is 0 Å². The first-order valence-corrected chi connectivity index (χ1v) is 14.2. The Morgan fingerprint density at radius 2 is 1.56 bits per heavy atom. The third-order valence-corrected chi connectivity index (χ3v) is 6.84. The van der Waals surface area contributed by atoms with Gasteiger partial charge in [0.2, 0.25) is 5.91 Å². The summed E-state index contributed by atoms with van der Waals surface area (Å²) in [5.74, 6) is 0.616. The van der Waals surface area contributed by atoms with Gasteiger partial charge in [0.15, 0.2) is 0 Å². The van der Waals surface area contributed by atoms with E-state index in [-0.39, 0.29) is 48.6 Å². The van der Waals surface area contributed by atoms with Crippen molar-refractivity contribution in [3.63, 3.8) is 0 Å². The van der Waals surface area contributed by atoms with Gasteiger partial charge in [-0.1, -0.05) is 112 Å². The molecule has 0 radical (unpaired) electrons. The number of hydrogen-bond donors (Lipinski definition) is 4. The van der Waals surface area contributed by atoms with Crippen molar-refractivity contribution in [1.29, 1.82) is 0 Å². The average molecular weight is 601 g/mol. The number of aromatic hydroxyl groups is 1. The molecule has 0 aromatic heterocycles. The van der Waals surface area contributed by atoms with Crippen molar-refractivity contribution in [2.45, 2.75) is 71.0 Å². The van der Waals surface area contributed by atoms with Crippen LogP contribution in [0.3, 0.4) is 0 Å². The van der Waals surface area contributed by atoms with E-state index in [1.54, 1.807) is 12.1 Å². The zero-order chi connectivity index (χ0) is 28.0. The summed E-state index contributed by atoms with van der Waals surface area (Å²) in [7, 11) is 0. The molecule has 224 valence electrons. The Labute approximate surface area is 258 Å². The van der Waals surface area contributed by atoms with E-state index in [1.165, 1.54) is 11.1 Å². The molecule has 0 aliphatic carbocycles. The summed E-state index contributed by atoms with van der Waals surface area (Å²) in [4.78, 5) is 13.4. The van der Waals surface area contributed by atoms with Crippen LogP contribution in [-0.2, 0) is 11.2 Å². The highest BCUT2D eigenvalue weighted by atomic mass is 35.5. The van der Waals surface area contributed by atoms with Gasteiger partial charge in [0.1, 0.15) is 5.75 Å². The minimum atomic E-state index is -0.429. The quantitative estimate of drug-likeness (QED) is 0.149. The molecule has 0 unspecified atom stereocenters. The molecule has 3 rings (SSSR count). The Balaban J connectivity index is 0.00000420. The number of carbonyl (C=O) groups excluding carboxylic acids is 1.